The number of rotatable bonds is 6. The number of aryl methyl sites for hydroxylation is 2. The lowest BCUT2D eigenvalue weighted by Crippen LogP contribution is -2.31. The molecule has 146 valence electrons. The van der Waals surface area contributed by atoms with Crippen LogP contribution in [0.2, 0.25) is 0 Å². The number of hydrogen-bond donors (Lipinski definition) is 2. The van der Waals surface area contributed by atoms with Crippen molar-refractivity contribution in [2.24, 2.45) is 7.05 Å². The van der Waals surface area contributed by atoms with Crippen molar-refractivity contribution in [2.45, 2.75) is 26.3 Å². The number of methoxy groups -OCH3 is 1. The standard InChI is InChI=1S/C21H24N4O3/c1-5-15-16(21(27)28-4)13(2)17(23-15)20(26)24-18(14-9-7-6-8-10-14)19-22-11-12-25(19)3/h6-12,18,23H,5H2,1-4H3,(H,24,26). The van der Waals surface area contributed by atoms with Crippen LogP contribution in [0.15, 0.2) is 42.7 Å². The van der Waals surface area contributed by atoms with Gasteiger partial charge in [0, 0.05) is 25.1 Å². The van der Waals surface area contributed by atoms with Crippen molar-refractivity contribution in [1.29, 1.82) is 0 Å². The molecular formula is C21H24N4O3. The number of imidazole rings is 1. The van der Waals surface area contributed by atoms with Crippen molar-refractivity contribution in [3.05, 3.63) is 76.6 Å². The monoisotopic (exact) mass is 380 g/mol. The number of esters is 1. The van der Waals surface area contributed by atoms with E-state index in [0.717, 1.165) is 5.56 Å². The van der Waals surface area contributed by atoms with Crippen LogP contribution in [0.5, 0.6) is 0 Å². The fraction of sp³-hybridized carbons (Fsp3) is 0.286. The van der Waals surface area contributed by atoms with E-state index in [1.54, 1.807) is 13.1 Å². The van der Waals surface area contributed by atoms with Gasteiger partial charge in [-0.05, 0) is 24.5 Å². The second-order valence-electron chi connectivity index (χ2n) is 6.54. The summed E-state index contributed by atoms with van der Waals surface area (Å²) in [6, 6.07) is 9.22. The molecule has 0 spiro atoms. The molecule has 1 amide bonds. The molecule has 2 heterocycles. The molecule has 0 radical (unpaired) electrons. The Morgan fingerprint density at radius 2 is 2.00 bits per heavy atom. The average Bonchev–Trinajstić information content (AvgIpc) is 3.28. The van der Waals surface area contributed by atoms with E-state index in [9.17, 15) is 9.59 Å². The molecule has 1 unspecified atom stereocenters. The summed E-state index contributed by atoms with van der Waals surface area (Å²) < 4.78 is 6.75. The Balaban J connectivity index is 1.99. The number of ether oxygens (including phenoxy) is 1. The molecule has 0 bridgehead atoms. The zero-order valence-electron chi connectivity index (χ0n) is 16.4. The highest BCUT2D eigenvalue weighted by Gasteiger charge is 2.27. The van der Waals surface area contributed by atoms with Crippen LogP contribution in [0.25, 0.3) is 0 Å². The van der Waals surface area contributed by atoms with E-state index in [4.69, 9.17) is 4.74 Å². The first-order chi connectivity index (χ1) is 13.5. The highest BCUT2D eigenvalue weighted by atomic mass is 16.5. The number of carbonyl (C=O) groups is 2. The number of aromatic nitrogens is 3. The first-order valence-corrected chi connectivity index (χ1v) is 9.10. The fourth-order valence-electron chi connectivity index (χ4n) is 3.33. The maximum atomic E-state index is 13.1. The van der Waals surface area contributed by atoms with Gasteiger partial charge in [0.25, 0.3) is 5.91 Å². The molecule has 0 saturated heterocycles. The van der Waals surface area contributed by atoms with E-state index >= 15 is 0 Å². The summed E-state index contributed by atoms with van der Waals surface area (Å²) in [6.45, 7) is 3.66. The highest BCUT2D eigenvalue weighted by molar-refractivity contribution is 6.00. The SMILES string of the molecule is CCc1[nH]c(C(=O)NC(c2ccccc2)c2nccn2C)c(C)c1C(=O)OC. The van der Waals surface area contributed by atoms with Gasteiger partial charge < -0.3 is 19.6 Å². The Morgan fingerprint density at radius 3 is 2.57 bits per heavy atom. The van der Waals surface area contributed by atoms with Crippen molar-refractivity contribution in [3.8, 4) is 0 Å². The molecule has 7 heteroatoms. The van der Waals surface area contributed by atoms with Crippen LogP contribution in [0, 0.1) is 6.92 Å². The fourth-order valence-corrected chi connectivity index (χ4v) is 3.33. The predicted octanol–water partition coefficient (Wildman–Crippen LogP) is 2.93. The molecular weight excluding hydrogens is 356 g/mol. The number of H-pyrrole nitrogens is 1. The van der Waals surface area contributed by atoms with Crippen molar-refractivity contribution in [3.63, 3.8) is 0 Å². The van der Waals surface area contributed by atoms with Gasteiger partial charge in [-0.2, -0.15) is 0 Å². The van der Waals surface area contributed by atoms with Crippen LogP contribution in [-0.4, -0.2) is 33.5 Å². The second-order valence-corrected chi connectivity index (χ2v) is 6.54. The smallest absolute Gasteiger partial charge is 0.339 e. The molecule has 1 aromatic carbocycles. The summed E-state index contributed by atoms with van der Waals surface area (Å²) in [6.07, 6.45) is 4.11. The maximum absolute atomic E-state index is 13.1. The number of carbonyl (C=O) groups excluding carboxylic acids is 2. The molecule has 28 heavy (non-hydrogen) atoms. The van der Waals surface area contributed by atoms with Gasteiger partial charge in [-0.25, -0.2) is 9.78 Å². The molecule has 0 saturated carbocycles. The quantitative estimate of drug-likeness (QED) is 0.644. The van der Waals surface area contributed by atoms with Crippen molar-refractivity contribution in [2.75, 3.05) is 7.11 Å². The molecule has 0 aliphatic carbocycles. The third-order valence-corrected chi connectivity index (χ3v) is 4.82. The van der Waals surface area contributed by atoms with Crippen LogP contribution < -0.4 is 5.32 Å². The molecule has 2 N–H and O–H groups in total. The molecule has 7 nitrogen and oxygen atoms in total. The van der Waals surface area contributed by atoms with Gasteiger partial charge in [0.1, 0.15) is 17.6 Å². The van der Waals surface area contributed by atoms with Gasteiger partial charge in [0.2, 0.25) is 0 Å². The first kappa shape index (κ1) is 19.4. The molecule has 0 aliphatic rings. The van der Waals surface area contributed by atoms with Crippen LogP contribution in [0.1, 0.15) is 56.5 Å². The van der Waals surface area contributed by atoms with Gasteiger partial charge in [-0.15, -0.1) is 0 Å². The molecule has 3 aromatic rings. The van der Waals surface area contributed by atoms with Gasteiger partial charge in [0.15, 0.2) is 0 Å². The molecule has 1 atom stereocenters. The van der Waals surface area contributed by atoms with Gasteiger partial charge in [-0.3, -0.25) is 4.79 Å². The molecule has 0 fully saturated rings. The Labute approximate surface area is 163 Å². The summed E-state index contributed by atoms with van der Waals surface area (Å²) in [4.78, 5) is 32.8. The summed E-state index contributed by atoms with van der Waals surface area (Å²) in [5, 5.41) is 3.05. The number of aromatic amines is 1. The Morgan fingerprint density at radius 1 is 1.29 bits per heavy atom. The lowest BCUT2D eigenvalue weighted by Gasteiger charge is -2.19. The molecule has 3 rings (SSSR count). The number of nitrogens with zero attached hydrogens (tertiary/aromatic N) is 2. The van der Waals surface area contributed by atoms with Gasteiger partial charge in [0.05, 0.1) is 12.7 Å². The predicted molar refractivity (Wildman–Crippen MR) is 105 cm³/mol. The van der Waals surface area contributed by atoms with E-state index < -0.39 is 12.0 Å². The van der Waals surface area contributed by atoms with Crippen LogP contribution in [-0.2, 0) is 18.2 Å². The number of nitrogens with one attached hydrogen (secondary N) is 2. The zero-order valence-corrected chi connectivity index (χ0v) is 16.4. The zero-order chi connectivity index (χ0) is 20.3. The minimum Gasteiger partial charge on any atom is -0.465 e. The minimum atomic E-state index is -0.451. The molecule has 0 aliphatic heterocycles. The Bertz CT molecular complexity index is 989. The Kier molecular flexibility index (Phi) is 5.63. The number of amides is 1. The topological polar surface area (TPSA) is 89.0 Å². The summed E-state index contributed by atoms with van der Waals surface area (Å²) in [5.74, 6) is -0.0415. The maximum Gasteiger partial charge on any atom is 0.339 e. The third kappa shape index (κ3) is 3.55. The first-order valence-electron chi connectivity index (χ1n) is 9.10. The van der Waals surface area contributed by atoms with Crippen molar-refractivity contribution in [1.82, 2.24) is 19.9 Å². The third-order valence-electron chi connectivity index (χ3n) is 4.82. The van der Waals surface area contributed by atoms with Crippen LogP contribution in [0.4, 0.5) is 0 Å². The van der Waals surface area contributed by atoms with E-state index in [-0.39, 0.29) is 5.91 Å². The van der Waals surface area contributed by atoms with E-state index in [0.29, 0.717) is 34.8 Å². The van der Waals surface area contributed by atoms with Crippen LogP contribution in [0.3, 0.4) is 0 Å². The Hall–Kier alpha value is -3.35. The summed E-state index contributed by atoms with van der Waals surface area (Å²) in [7, 11) is 3.22. The van der Waals surface area contributed by atoms with Gasteiger partial charge >= 0.3 is 5.97 Å². The lowest BCUT2D eigenvalue weighted by atomic mass is 10.0. The van der Waals surface area contributed by atoms with E-state index in [1.807, 2.05) is 55.1 Å². The largest absolute Gasteiger partial charge is 0.465 e. The van der Waals surface area contributed by atoms with Gasteiger partial charge in [-0.1, -0.05) is 37.3 Å². The minimum absolute atomic E-state index is 0.306. The van der Waals surface area contributed by atoms with Crippen molar-refractivity contribution >= 4 is 11.9 Å². The summed E-state index contributed by atoms with van der Waals surface area (Å²) >= 11 is 0. The highest BCUT2D eigenvalue weighted by Crippen LogP contribution is 2.24. The normalized spacial score (nSPS) is 11.9. The second kappa shape index (κ2) is 8.12. The number of hydrogen-bond acceptors (Lipinski definition) is 4. The van der Waals surface area contributed by atoms with E-state index in [1.165, 1.54) is 7.11 Å². The van der Waals surface area contributed by atoms with Crippen molar-refractivity contribution < 1.29 is 14.3 Å². The van der Waals surface area contributed by atoms with Crippen LogP contribution >= 0.6 is 0 Å². The number of benzene rings is 1. The lowest BCUT2D eigenvalue weighted by molar-refractivity contribution is 0.0599. The van der Waals surface area contributed by atoms with E-state index in [2.05, 4.69) is 15.3 Å². The average molecular weight is 380 g/mol. The molecule has 2 aromatic heterocycles. The summed E-state index contributed by atoms with van der Waals surface area (Å²) in [5.41, 5.74) is 2.95.